The highest BCUT2D eigenvalue weighted by Gasteiger charge is 2.38. The maximum atomic E-state index is 3.76. The molecule has 0 aliphatic heterocycles. The van der Waals surface area contributed by atoms with Crippen molar-refractivity contribution >= 4 is 11.3 Å². The van der Waals surface area contributed by atoms with Crippen LogP contribution < -0.4 is 5.32 Å². The van der Waals surface area contributed by atoms with Crippen LogP contribution in [0, 0.1) is 17.8 Å². The van der Waals surface area contributed by atoms with E-state index < -0.39 is 0 Å². The van der Waals surface area contributed by atoms with Crippen molar-refractivity contribution in [3.05, 3.63) is 34.0 Å². The van der Waals surface area contributed by atoms with Crippen molar-refractivity contribution in [2.24, 2.45) is 17.8 Å². The monoisotopic (exact) mass is 261 g/mol. The molecule has 0 aromatic carbocycles. The van der Waals surface area contributed by atoms with Gasteiger partial charge in [0, 0.05) is 17.5 Å². The Bertz CT molecular complexity index is 434. The zero-order valence-corrected chi connectivity index (χ0v) is 12.2. The molecule has 0 radical (unpaired) electrons. The molecular weight excluding hydrogens is 238 g/mol. The van der Waals surface area contributed by atoms with Crippen LogP contribution in [-0.4, -0.2) is 6.04 Å². The first-order valence-corrected chi connectivity index (χ1v) is 8.12. The quantitative estimate of drug-likeness (QED) is 0.790. The summed E-state index contributed by atoms with van der Waals surface area (Å²) in [6.07, 6.45) is 8.87. The van der Waals surface area contributed by atoms with Crippen LogP contribution in [0.3, 0.4) is 0 Å². The number of aryl methyl sites for hydroxylation is 1. The molecule has 1 saturated carbocycles. The molecule has 2 aliphatic rings. The summed E-state index contributed by atoms with van der Waals surface area (Å²) in [6, 6.07) is 2.92. The van der Waals surface area contributed by atoms with Gasteiger partial charge >= 0.3 is 0 Å². The lowest BCUT2D eigenvalue weighted by atomic mass is 9.87. The van der Waals surface area contributed by atoms with Gasteiger partial charge in [0.2, 0.25) is 0 Å². The minimum Gasteiger partial charge on any atom is -0.309 e. The lowest BCUT2D eigenvalue weighted by Gasteiger charge is -2.26. The SMILES string of the molecule is CCc1ccsc1CNC(C)C1CC2C=CC1C2. The fourth-order valence-corrected chi connectivity index (χ4v) is 4.57. The number of nitrogens with one attached hydrogen (secondary N) is 1. The topological polar surface area (TPSA) is 12.0 Å². The Balaban J connectivity index is 1.56. The van der Waals surface area contributed by atoms with E-state index >= 15 is 0 Å². The molecule has 0 amide bonds. The van der Waals surface area contributed by atoms with Crippen LogP contribution in [0.5, 0.6) is 0 Å². The van der Waals surface area contributed by atoms with Gasteiger partial charge in [-0.25, -0.2) is 0 Å². The Kier molecular flexibility index (Phi) is 3.58. The number of fused-ring (bicyclic) bond motifs is 2. The Morgan fingerprint density at radius 2 is 2.28 bits per heavy atom. The van der Waals surface area contributed by atoms with Gasteiger partial charge in [0.05, 0.1) is 0 Å². The summed E-state index contributed by atoms with van der Waals surface area (Å²) in [4.78, 5) is 1.53. The third kappa shape index (κ3) is 2.28. The van der Waals surface area contributed by atoms with Gasteiger partial charge in [-0.3, -0.25) is 0 Å². The molecule has 1 fully saturated rings. The number of hydrogen-bond donors (Lipinski definition) is 1. The van der Waals surface area contributed by atoms with E-state index in [0.29, 0.717) is 6.04 Å². The minimum absolute atomic E-state index is 0.650. The molecule has 98 valence electrons. The molecule has 1 aromatic heterocycles. The number of thiophene rings is 1. The van der Waals surface area contributed by atoms with Crippen LogP contribution in [0.25, 0.3) is 0 Å². The molecule has 2 heteroatoms. The van der Waals surface area contributed by atoms with Gasteiger partial charge in [-0.15, -0.1) is 11.3 Å². The van der Waals surface area contributed by atoms with E-state index in [1.807, 2.05) is 11.3 Å². The van der Waals surface area contributed by atoms with E-state index in [0.717, 1.165) is 30.7 Å². The van der Waals surface area contributed by atoms with Gasteiger partial charge in [-0.2, -0.15) is 0 Å². The van der Waals surface area contributed by atoms with E-state index in [1.165, 1.54) is 23.3 Å². The molecule has 2 aliphatic carbocycles. The van der Waals surface area contributed by atoms with Gasteiger partial charge in [-0.1, -0.05) is 19.1 Å². The number of hydrogen-bond acceptors (Lipinski definition) is 2. The Morgan fingerprint density at radius 3 is 2.94 bits per heavy atom. The maximum absolute atomic E-state index is 3.76. The Hall–Kier alpha value is -0.600. The molecule has 0 spiro atoms. The first-order chi connectivity index (χ1) is 8.78. The zero-order chi connectivity index (χ0) is 12.5. The molecule has 1 N–H and O–H groups in total. The fraction of sp³-hybridized carbons (Fsp3) is 0.625. The molecule has 4 unspecified atom stereocenters. The van der Waals surface area contributed by atoms with Gasteiger partial charge in [0.1, 0.15) is 0 Å². The smallest absolute Gasteiger partial charge is 0.0305 e. The lowest BCUT2D eigenvalue weighted by Crippen LogP contribution is -2.35. The van der Waals surface area contributed by atoms with Gasteiger partial charge in [0.25, 0.3) is 0 Å². The van der Waals surface area contributed by atoms with Gasteiger partial charge in [0.15, 0.2) is 0 Å². The summed E-state index contributed by atoms with van der Waals surface area (Å²) in [6.45, 7) is 5.67. The van der Waals surface area contributed by atoms with Crippen molar-refractivity contribution < 1.29 is 0 Å². The van der Waals surface area contributed by atoms with Crippen LogP contribution >= 0.6 is 11.3 Å². The van der Waals surface area contributed by atoms with E-state index in [9.17, 15) is 0 Å². The van der Waals surface area contributed by atoms with E-state index in [1.54, 1.807) is 0 Å². The van der Waals surface area contributed by atoms with Crippen molar-refractivity contribution in [2.75, 3.05) is 0 Å². The molecule has 2 bridgehead atoms. The highest BCUT2D eigenvalue weighted by atomic mass is 32.1. The van der Waals surface area contributed by atoms with Crippen LogP contribution in [0.4, 0.5) is 0 Å². The first-order valence-electron chi connectivity index (χ1n) is 7.25. The number of allylic oxidation sites excluding steroid dienone is 2. The molecule has 1 aromatic rings. The molecular formula is C16H23NS. The molecule has 18 heavy (non-hydrogen) atoms. The number of rotatable bonds is 5. The Labute approximate surface area is 114 Å². The van der Waals surface area contributed by atoms with Crippen LogP contribution in [-0.2, 0) is 13.0 Å². The van der Waals surface area contributed by atoms with Gasteiger partial charge < -0.3 is 5.32 Å². The average molecular weight is 261 g/mol. The van der Waals surface area contributed by atoms with Crippen molar-refractivity contribution in [1.29, 1.82) is 0 Å². The molecule has 3 rings (SSSR count). The zero-order valence-electron chi connectivity index (χ0n) is 11.4. The van der Waals surface area contributed by atoms with E-state index in [4.69, 9.17) is 0 Å². The molecule has 1 heterocycles. The highest BCUT2D eigenvalue weighted by molar-refractivity contribution is 7.10. The summed E-state index contributed by atoms with van der Waals surface area (Å²) >= 11 is 1.90. The second kappa shape index (κ2) is 5.18. The molecule has 1 nitrogen and oxygen atoms in total. The maximum Gasteiger partial charge on any atom is 0.0305 e. The summed E-state index contributed by atoms with van der Waals surface area (Å²) in [7, 11) is 0. The van der Waals surface area contributed by atoms with Crippen LogP contribution in [0.15, 0.2) is 23.6 Å². The van der Waals surface area contributed by atoms with Gasteiger partial charge in [-0.05, 0) is 60.9 Å². The summed E-state index contributed by atoms with van der Waals surface area (Å²) < 4.78 is 0. The summed E-state index contributed by atoms with van der Waals surface area (Å²) in [5.74, 6) is 2.61. The largest absolute Gasteiger partial charge is 0.309 e. The first kappa shape index (κ1) is 12.4. The van der Waals surface area contributed by atoms with Crippen LogP contribution in [0.2, 0.25) is 0 Å². The van der Waals surface area contributed by atoms with E-state index in [2.05, 4.69) is 42.8 Å². The van der Waals surface area contributed by atoms with E-state index in [-0.39, 0.29) is 0 Å². The predicted octanol–water partition coefficient (Wildman–Crippen LogP) is 4.00. The lowest BCUT2D eigenvalue weighted by molar-refractivity contribution is 0.327. The van der Waals surface area contributed by atoms with Crippen molar-refractivity contribution in [2.45, 2.75) is 45.7 Å². The third-order valence-corrected chi connectivity index (χ3v) is 5.74. The second-order valence-corrected chi connectivity index (χ2v) is 6.84. The summed E-state index contributed by atoms with van der Waals surface area (Å²) in [5, 5.41) is 5.99. The van der Waals surface area contributed by atoms with Crippen molar-refractivity contribution in [3.63, 3.8) is 0 Å². The van der Waals surface area contributed by atoms with Crippen molar-refractivity contribution in [1.82, 2.24) is 5.32 Å². The fourth-order valence-electron chi connectivity index (χ4n) is 3.64. The summed E-state index contributed by atoms with van der Waals surface area (Å²) in [5.41, 5.74) is 1.52. The standard InChI is InChI=1S/C16H23NS/c1-3-13-6-7-18-16(13)10-17-11(2)15-9-12-4-5-14(15)8-12/h4-7,11-12,14-15,17H,3,8-10H2,1-2H3. The van der Waals surface area contributed by atoms with Crippen molar-refractivity contribution in [3.8, 4) is 0 Å². The minimum atomic E-state index is 0.650. The average Bonchev–Trinajstić information content (AvgIpc) is 3.10. The Morgan fingerprint density at radius 1 is 1.39 bits per heavy atom. The third-order valence-electron chi connectivity index (χ3n) is 4.78. The normalized spacial score (nSPS) is 31.1. The highest BCUT2D eigenvalue weighted by Crippen LogP contribution is 2.44. The second-order valence-electron chi connectivity index (χ2n) is 5.84. The predicted molar refractivity (Wildman–Crippen MR) is 78.8 cm³/mol. The molecule has 0 saturated heterocycles. The van der Waals surface area contributed by atoms with Crippen LogP contribution in [0.1, 0.15) is 37.1 Å². The molecule has 4 atom stereocenters.